The van der Waals surface area contributed by atoms with Crippen LogP contribution in [0.1, 0.15) is 30.5 Å². The maximum Gasteiger partial charge on any atom is 0.416 e. The molecule has 0 saturated carbocycles. The second-order valence-electron chi connectivity index (χ2n) is 7.23. The van der Waals surface area contributed by atoms with Crippen LogP contribution in [0, 0.1) is 5.82 Å². The number of aromatic nitrogens is 4. The third kappa shape index (κ3) is 5.97. The van der Waals surface area contributed by atoms with E-state index in [1.165, 1.54) is 0 Å². The third-order valence-corrected chi connectivity index (χ3v) is 4.19. The van der Waals surface area contributed by atoms with Crippen LogP contribution in [0.2, 0.25) is 0 Å². The van der Waals surface area contributed by atoms with E-state index < -0.39 is 52.8 Å². The van der Waals surface area contributed by atoms with Crippen LogP contribution in [-0.4, -0.2) is 31.8 Å². The molecule has 0 fully saturated rings. The van der Waals surface area contributed by atoms with Crippen molar-refractivity contribution in [1.82, 2.24) is 19.7 Å². The van der Waals surface area contributed by atoms with Gasteiger partial charge in [-0.2, -0.15) is 26.3 Å². The van der Waals surface area contributed by atoms with Crippen molar-refractivity contribution in [2.24, 2.45) is 0 Å². The Bertz CT molecular complexity index is 1200. The molecule has 0 amide bonds. The number of ether oxygens (including phenoxy) is 1. The number of alkyl halides is 6. The normalized spacial score (nSPS) is 12.8. The average molecular weight is 488 g/mol. The molecule has 0 aliphatic carbocycles. The van der Waals surface area contributed by atoms with E-state index >= 15 is 0 Å². The molecule has 2 aromatic heterocycles. The summed E-state index contributed by atoms with van der Waals surface area (Å²) in [6.07, 6.45) is -6.58. The minimum Gasteiger partial charge on any atom is -0.459 e. The Morgan fingerprint density at radius 1 is 1.00 bits per heavy atom. The zero-order valence-electron chi connectivity index (χ0n) is 17.4. The van der Waals surface area contributed by atoms with E-state index in [0.717, 1.165) is 35.7 Å². The van der Waals surface area contributed by atoms with Gasteiger partial charge < -0.3 is 4.74 Å². The standard InChI is InChI=1S/C21H15F7N4O2/c1-11(2)34-19(33)17(13-5-16(22)8-29-7-13)9-32-10-30-18(31-32)12-3-14(20(23,24)25)6-15(4-12)21(26,27)28/h3-11H,1-2H3/b17-9-. The van der Waals surface area contributed by atoms with Crippen molar-refractivity contribution in [2.75, 3.05) is 0 Å². The van der Waals surface area contributed by atoms with E-state index in [-0.39, 0.29) is 17.2 Å². The maximum atomic E-state index is 13.6. The summed E-state index contributed by atoms with van der Waals surface area (Å²) < 4.78 is 98.4. The van der Waals surface area contributed by atoms with Crippen LogP contribution in [0.3, 0.4) is 0 Å². The van der Waals surface area contributed by atoms with Gasteiger partial charge in [-0.05, 0) is 38.1 Å². The van der Waals surface area contributed by atoms with Crippen molar-refractivity contribution in [1.29, 1.82) is 0 Å². The van der Waals surface area contributed by atoms with Crippen LogP contribution in [0.25, 0.3) is 23.2 Å². The zero-order chi connectivity index (χ0) is 25.3. The van der Waals surface area contributed by atoms with E-state index in [4.69, 9.17) is 4.74 Å². The Morgan fingerprint density at radius 3 is 2.15 bits per heavy atom. The van der Waals surface area contributed by atoms with E-state index in [1.807, 2.05) is 0 Å². The van der Waals surface area contributed by atoms with Crippen LogP contribution < -0.4 is 0 Å². The van der Waals surface area contributed by atoms with E-state index in [0.29, 0.717) is 12.1 Å². The molecular formula is C21H15F7N4O2. The lowest BCUT2D eigenvalue weighted by Crippen LogP contribution is -2.14. The van der Waals surface area contributed by atoms with Gasteiger partial charge >= 0.3 is 18.3 Å². The van der Waals surface area contributed by atoms with Gasteiger partial charge in [-0.3, -0.25) is 4.98 Å². The molecular weight excluding hydrogens is 473 g/mol. The fourth-order valence-corrected chi connectivity index (χ4v) is 2.77. The van der Waals surface area contributed by atoms with Crippen LogP contribution in [0.4, 0.5) is 30.7 Å². The van der Waals surface area contributed by atoms with Crippen molar-refractivity contribution in [3.8, 4) is 11.4 Å². The number of hydrogen-bond acceptors (Lipinski definition) is 5. The van der Waals surface area contributed by atoms with Gasteiger partial charge in [0, 0.05) is 23.5 Å². The smallest absolute Gasteiger partial charge is 0.416 e. The van der Waals surface area contributed by atoms with Crippen LogP contribution in [0.15, 0.2) is 43.0 Å². The number of benzene rings is 1. The van der Waals surface area contributed by atoms with E-state index in [9.17, 15) is 35.5 Å². The Hall–Kier alpha value is -3.77. The molecule has 0 saturated heterocycles. The molecule has 0 radical (unpaired) electrons. The summed E-state index contributed by atoms with van der Waals surface area (Å²) in [4.78, 5) is 19.9. The molecule has 0 aliphatic heterocycles. The molecule has 6 nitrogen and oxygen atoms in total. The second-order valence-corrected chi connectivity index (χ2v) is 7.23. The number of carbonyl (C=O) groups excluding carboxylic acids is 1. The molecule has 2 heterocycles. The summed E-state index contributed by atoms with van der Waals surface area (Å²) in [6, 6.07) is 1.92. The summed E-state index contributed by atoms with van der Waals surface area (Å²) >= 11 is 0. The van der Waals surface area contributed by atoms with Gasteiger partial charge in [0.05, 0.1) is 29.0 Å². The SMILES string of the molecule is CC(C)OC(=O)/C(=C\n1cnc(-c2cc(C(F)(F)F)cc(C(F)(F)F)c2)n1)c1cncc(F)c1. The first-order valence-electron chi connectivity index (χ1n) is 9.49. The average Bonchev–Trinajstić information content (AvgIpc) is 3.18. The first kappa shape index (κ1) is 24.9. The number of pyridine rings is 1. The second kappa shape index (κ2) is 9.23. The fraction of sp³-hybridized carbons (Fsp3) is 0.238. The molecule has 180 valence electrons. The highest BCUT2D eigenvalue weighted by Crippen LogP contribution is 2.38. The number of rotatable bonds is 5. The van der Waals surface area contributed by atoms with Crippen molar-refractivity contribution in [3.63, 3.8) is 0 Å². The van der Waals surface area contributed by atoms with Crippen molar-refractivity contribution in [2.45, 2.75) is 32.3 Å². The van der Waals surface area contributed by atoms with Crippen LogP contribution in [0.5, 0.6) is 0 Å². The molecule has 3 aromatic rings. The van der Waals surface area contributed by atoms with Crippen molar-refractivity contribution in [3.05, 3.63) is 65.5 Å². The lowest BCUT2D eigenvalue weighted by atomic mass is 10.0. The topological polar surface area (TPSA) is 69.9 Å². The molecule has 0 bridgehead atoms. The predicted molar refractivity (Wildman–Crippen MR) is 105 cm³/mol. The van der Waals surface area contributed by atoms with Gasteiger partial charge in [-0.1, -0.05) is 0 Å². The highest BCUT2D eigenvalue weighted by atomic mass is 19.4. The van der Waals surface area contributed by atoms with Gasteiger partial charge in [0.25, 0.3) is 0 Å². The molecule has 0 N–H and O–H groups in total. The molecule has 3 rings (SSSR count). The Morgan fingerprint density at radius 2 is 1.62 bits per heavy atom. The number of halogens is 7. The largest absolute Gasteiger partial charge is 0.459 e. The van der Waals surface area contributed by atoms with Crippen LogP contribution in [-0.2, 0) is 21.9 Å². The Balaban J connectivity index is 2.08. The predicted octanol–water partition coefficient (Wildman–Crippen LogP) is 5.47. The maximum absolute atomic E-state index is 13.6. The van der Waals surface area contributed by atoms with Crippen LogP contribution >= 0.6 is 0 Å². The molecule has 13 heteroatoms. The van der Waals surface area contributed by atoms with Crippen molar-refractivity contribution < 1.29 is 40.3 Å². The molecule has 1 aromatic carbocycles. The summed E-state index contributed by atoms with van der Waals surface area (Å²) in [5.41, 5.74) is -3.83. The molecule has 0 unspecified atom stereocenters. The minimum atomic E-state index is -5.05. The Labute approximate surface area is 187 Å². The minimum absolute atomic E-state index is 0.00104. The van der Waals surface area contributed by atoms with Gasteiger partial charge in [0.15, 0.2) is 5.82 Å². The van der Waals surface area contributed by atoms with E-state index in [2.05, 4.69) is 15.1 Å². The number of esters is 1. The number of hydrogen-bond donors (Lipinski definition) is 0. The lowest BCUT2D eigenvalue weighted by Gasteiger charge is -2.13. The first-order valence-corrected chi connectivity index (χ1v) is 9.49. The van der Waals surface area contributed by atoms with Gasteiger partial charge in [0.2, 0.25) is 0 Å². The first-order chi connectivity index (χ1) is 15.7. The van der Waals surface area contributed by atoms with Gasteiger partial charge in [0.1, 0.15) is 12.1 Å². The quantitative estimate of drug-likeness (QED) is 0.271. The van der Waals surface area contributed by atoms with Crippen molar-refractivity contribution >= 4 is 17.7 Å². The number of carbonyl (C=O) groups is 1. The molecule has 0 aliphatic rings. The fourth-order valence-electron chi connectivity index (χ4n) is 2.77. The molecule has 0 atom stereocenters. The highest BCUT2D eigenvalue weighted by Gasteiger charge is 2.37. The Kier molecular flexibility index (Phi) is 6.75. The number of nitrogens with zero attached hydrogens (tertiary/aromatic N) is 4. The lowest BCUT2D eigenvalue weighted by molar-refractivity contribution is -0.143. The molecule has 0 spiro atoms. The van der Waals surface area contributed by atoms with Gasteiger partial charge in [-0.25, -0.2) is 18.9 Å². The monoisotopic (exact) mass is 488 g/mol. The van der Waals surface area contributed by atoms with E-state index in [1.54, 1.807) is 13.8 Å². The zero-order valence-corrected chi connectivity index (χ0v) is 17.4. The molecule has 34 heavy (non-hydrogen) atoms. The third-order valence-electron chi connectivity index (χ3n) is 4.19. The summed E-state index contributed by atoms with van der Waals surface area (Å²) in [7, 11) is 0. The highest BCUT2D eigenvalue weighted by molar-refractivity contribution is 6.20. The summed E-state index contributed by atoms with van der Waals surface area (Å²) in [5, 5.41) is 3.85. The summed E-state index contributed by atoms with van der Waals surface area (Å²) in [6.45, 7) is 3.14. The summed E-state index contributed by atoms with van der Waals surface area (Å²) in [5.74, 6) is -2.12. The van der Waals surface area contributed by atoms with Gasteiger partial charge in [-0.15, -0.1) is 5.10 Å².